The highest BCUT2D eigenvalue weighted by atomic mass is 16.6. The van der Waals surface area contributed by atoms with Gasteiger partial charge >= 0.3 is 5.97 Å². The second-order valence-electron chi connectivity index (χ2n) is 3.32. The van der Waals surface area contributed by atoms with E-state index in [0.717, 1.165) is 5.57 Å². The van der Waals surface area contributed by atoms with Crippen LogP contribution in [0.2, 0.25) is 0 Å². The molecule has 0 amide bonds. The van der Waals surface area contributed by atoms with Crippen molar-refractivity contribution in [2.45, 2.75) is 26.4 Å². The third kappa shape index (κ3) is 2.08. The van der Waals surface area contributed by atoms with Crippen LogP contribution in [-0.2, 0) is 9.53 Å². The van der Waals surface area contributed by atoms with E-state index in [1.807, 2.05) is 13.8 Å². The van der Waals surface area contributed by atoms with Gasteiger partial charge < -0.3 is 9.84 Å². The van der Waals surface area contributed by atoms with Crippen LogP contribution in [0.3, 0.4) is 0 Å². The Morgan fingerprint density at radius 3 is 2.92 bits per heavy atom. The number of aliphatic hydroxyl groups is 1. The van der Waals surface area contributed by atoms with Crippen LogP contribution in [0.25, 0.3) is 0 Å². The molecule has 0 spiro atoms. The summed E-state index contributed by atoms with van der Waals surface area (Å²) in [5, 5.41) is 8.80. The Hall–Kier alpha value is -0.830. The average Bonchev–Trinajstić information content (AvgIpc) is 2.03. The van der Waals surface area contributed by atoms with E-state index in [-0.39, 0.29) is 18.7 Å². The summed E-state index contributed by atoms with van der Waals surface area (Å²) >= 11 is 0. The third-order valence-electron chi connectivity index (χ3n) is 1.99. The molecule has 12 heavy (non-hydrogen) atoms. The van der Waals surface area contributed by atoms with Crippen LogP contribution in [0.1, 0.15) is 20.3 Å². The van der Waals surface area contributed by atoms with E-state index in [1.54, 1.807) is 0 Å². The van der Waals surface area contributed by atoms with Gasteiger partial charge in [0, 0.05) is 12.5 Å². The molecule has 1 aliphatic heterocycles. The van der Waals surface area contributed by atoms with E-state index in [4.69, 9.17) is 9.84 Å². The predicted molar refractivity (Wildman–Crippen MR) is 44.5 cm³/mol. The molecular formula is C9H14O3. The normalized spacial score (nSPS) is 23.8. The van der Waals surface area contributed by atoms with Crippen molar-refractivity contribution in [3.05, 3.63) is 11.6 Å². The van der Waals surface area contributed by atoms with Crippen molar-refractivity contribution in [2.24, 2.45) is 5.92 Å². The molecular weight excluding hydrogens is 156 g/mol. The number of carbonyl (C=O) groups is 1. The first kappa shape index (κ1) is 9.26. The fraction of sp³-hybridized carbons (Fsp3) is 0.667. The quantitative estimate of drug-likeness (QED) is 0.626. The first-order valence-corrected chi connectivity index (χ1v) is 4.15. The van der Waals surface area contributed by atoms with Gasteiger partial charge in [-0.2, -0.15) is 0 Å². The average molecular weight is 170 g/mol. The summed E-state index contributed by atoms with van der Waals surface area (Å²) in [5.41, 5.74) is 1.06. The molecule has 0 aromatic carbocycles. The topological polar surface area (TPSA) is 46.5 Å². The molecule has 1 heterocycles. The number of hydrogen-bond acceptors (Lipinski definition) is 3. The number of hydrogen-bond donors (Lipinski definition) is 1. The van der Waals surface area contributed by atoms with Gasteiger partial charge in [-0.3, -0.25) is 0 Å². The SMILES string of the molecule is CC(C)C1=CC(=O)O[C@@H](CO)C1. The largest absolute Gasteiger partial charge is 0.456 e. The molecule has 0 fully saturated rings. The van der Waals surface area contributed by atoms with Crippen molar-refractivity contribution >= 4 is 5.97 Å². The minimum atomic E-state index is -0.333. The Bertz CT molecular complexity index is 206. The molecule has 0 radical (unpaired) electrons. The Kier molecular flexibility index (Phi) is 2.87. The Labute approximate surface area is 72.0 Å². The van der Waals surface area contributed by atoms with Crippen LogP contribution >= 0.6 is 0 Å². The van der Waals surface area contributed by atoms with E-state index in [1.165, 1.54) is 6.08 Å². The summed E-state index contributed by atoms with van der Waals surface area (Å²) in [7, 11) is 0. The molecule has 1 atom stereocenters. The van der Waals surface area contributed by atoms with Gasteiger partial charge in [0.1, 0.15) is 6.10 Å². The Balaban J connectivity index is 2.69. The van der Waals surface area contributed by atoms with Crippen molar-refractivity contribution < 1.29 is 14.6 Å². The maximum absolute atomic E-state index is 10.9. The van der Waals surface area contributed by atoms with E-state index in [0.29, 0.717) is 12.3 Å². The van der Waals surface area contributed by atoms with Gasteiger partial charge in [0.15, 0.2) is 0 Å². The fourth-order valence-electron chi connectivity index (χ4n) is 1.22. The van der Waals surface area contributed by atoms with Crippen molar-refractivity contribution in [2.75, 3.05) is 6.61 Å². The molecule has 0 aromatic heterocycles. The smallest absolute Gasteiger partial charge is 0.331 e. The van der Waals surface area contributed by atoms with Crippen LogP contribution in [0.15, 0.2) is 11.6 Å². The maximum Gasteiger partial charge on any atom is 0.331 e. The second-order valence-corrected chi connectivity index (χ2v) is 3.32. The van der Waals surface area contributed by atoms with Crippen molar-refractivity contribution in [1.82, 2.24) is 0 Å². The van der Waals surface area contributed by atoms with E-state index >= 15 is 0 Å². The number of aliphatic hydroxyl groups excluding tert-OH is 1. The predicted octanol–water partition coefficient (Wildman–Crippen LogP) is 0.877. The minimum absolute atomic E-state index is 0.0875. The molecule has 3 nitrogen and oxygen atoms in total. The summed E-state index contributed by atoms with van der Waals surface area (Å²) < 4.78 is 4.85. The molecule has 0 aliphatic carbocycles. The molecule has 0 bridgehead atoms. The Morgan fingerprint density at radius 2 is 2.42 bits per heavy atom. The molecule has 0 saturated carbocycles. The highest BCUT2D eigenvalue weighted by Gasteiger charge is 2.21. The standard InChI is InChI=1S/C9H14O3/c1-6(2)7-3-8(5-10)12-9(11)4-7/h4,6,8,10H,3,5H2,1-2H3/t8-/m1/s1. The molecule has 68 valence electrons. The minimum Gasteiger partial charge on any atom is -0.456 e. The highest BCUT2D eigenvalue weighted by molar-refractivity contribution is 5.83. The number of ether oxygens (including phenoxy) is 1. The molecule has 0 unspecified atom stereocenters. The maximum atomic E-state index is 10.9. The zero-order valence-electron chi connectivity index (χ0n) is 7.41. The van der Waals surface area contributed by atoms with Crippen LogP contribution in [0.5, 0.6) is 0 Å². The zero-order valence-corrected chi connectivity index (χ0v) is 7.41. The van der Waals surface area contributed by atoms with Crippen molar-refractivity contribution in [1.29, 1.82) is 0 Å². The zero-order chi connectivity index (χ0) is 9.14. The fourth-order valence-corrected chi connectivity index (χ4v) is 1.22. The van der Waals surface area contributed by atoms with Gasteiger partial charge in [-0.05, 0) is 5.92 Å². The van der Waals surface area contributed by atoms with Crippen LogP contribution in [0, 0.1) is 5.92 Å². The van der Waals surface area contributed by atoms with Crippen molar-refractivity contribution in [3.63, 3.8) is 0 Å². The van der Waals surface area contributed by atoms with Crippen molar-refractivity contribution in [3.8, 4) is 0 Å². The summed E-state index contributed by atoms with van der Waals surface area (Å²) in [6.07, 6.45) is 1.86. The summed E-state index contributed by atoms with van der Waals surface area (Å²) in [4.78, 5) is 10.9. The lowest BCUT2D eigenvalue weighted by molar-refractivity contribution is -0.146. The lowest BCUT2D eigenvalue weighted by Gasteiger charge is -2.23. The van der Waals surface area contributed by atoms with E-state index in [2.05, 4.69) is 0 Å². The summed E-state index contributed by atoms with van der Waals surface area (Å²) in [5.74, 6) is 0.0240. The number of esters is 1. The monoisotopic (exact) mass is 170 g/mol. The summed E-state index contributed by atoms with van der Waals surface area (Å²) in [6.45, 7) is 3.97. The van der Waals surface area contributed by atoms with Crippen LogP contribution in [-0.4, -0.2) is 23.8 Å². The number of rotatable bonds is 2. The van der Waals surface area contributed by atoms with Gasteiger partial charge in [0.2, 0.25) is 0 Å². The van der Waals surface area contributed by atoms with Crippen LogP contribution in [0.4, 0.5) is 0 Å². The second kappa shape index (κ2) is 3.72. The summed E-state index contributed by atoms with van der Waals surface area (Å²) in [6, 6.07) is 0. The van der Waals surface area contributed by atoms with Crippen LogP contribution < -0.4 is 0 Å². The highest BCUT2D eigenvalue weighted by Crippen LogP contribution is 2.21. The van der Waals surface area contributed by atoms with E-state index in [9.17, 15) is 4.79 Å². The molecule has 1 N–H and O–H groups in total. The molecule has 3 heteroatoms. The molecule has 0 saturated heterocycles. The lowest BCUT2D eigenvalue weighted by atomic mass is 9.95. The van der Waals surface area contributed by atoms with Gasteiger partial charge in [0.05, 0.1) is 6.61 Å². The Morgan fingerprint density at radius 1 is 1.75 bits per heavy atom. The third-order valence-corrected chi connectivity index (χ3v) is 1.99. The number of carbonyl (C=O) groups excluding carboxylic acids is 1. The van der Waals surface area contributed by atoms with Gasteiger partial charge in [-0.25, -0.2) is 4.79 Å². The van der Waals surface area contributed by atoms with E-state index < -0.39 is 0 Å². The van der Waals surface area contributed by atoms with Gasteiger partial charge in [-0.15, -0.1) is 0 Å². The molecule has 0 aromatic rings. The number of cyclic esters (lactones) is 1. The van der Waals surface area contributed by atoms with Gasteiger partial charge in [0.25, 0.3) is 0 Å². The van der Waals surface area contributed by atoms with Gasteiger partial charge in [-0.1, -0.05) is 19.4 Å². The first-order chi connectivity index (χ1) is 5.63. The molecule has 1 aliphatic rings. The lowest BCUT2D eigenvalue weighted by Crippen LogP contribution is -2.27. The molecule has 1 rings (SSSR count). The first-order valence-electron chi connectivity index (χ1n) is 4.15.